The Balaban J connectivity index is 2.97. The molecule has 3 nitrogen and oxygen atoms in total. The van der Waals surface area contributed by atoms with Gasteiger partial charge in [-0.3, -0.25) is 0 Å². The molecule has 1 heterocycles. The predicted octanol–water partition coefficient (Wildman–Crippen LogP) is 4.41. The summed E-state index contributed by atoms with van der Waals surface area (Å²) < 4.78 is 6.54. The van der Waals surface area contributed by atoms with Crippen molar-refractivity contribution in [2.75, 3.05) is 0 Å². The Morgan fingerprint density at radius 1 is 1.24 bits per heavy atom. The Hall–Kier alpha value is -1.73. The molecule has 0 radical (unpaired) electrons. The summed E-state index contributed by atoms with van der Waals surface area (Å²) in [6, 6.07) is 3.56. The van der Waals surface area contributed by atoms with Crippen molar-refractivity contribution in [2.45, 2.75) is 71.7 Å². The van der Waals surface area contributed by atoms with Crippen molar-refractivity contribution in [1.29, 1.82) is 0 Å². The number of ether oxygens (including phenoxy) is 1. The second-order valence-corrected chi connectivity index (χ2v) is 14.1. The standard InChI is InChI=1S/C21H30O3Si/c1-10-21(11-2)19(3,4)15-12-14(18(22)23)13-16(25(7,8)9)17(15)24-20(21,5)6/h1,12-13H,11H2,2-9H3,(H,22,23). The molecule has 25 heavy (non-hydrogen) atoms. The van der Waals surface area contributed by atoms with E-state index in [1.165, 1.54) is 0 Å². The van der Waals surface area contributed by atoms with E-state index in [2.05, 4.69) is 60.2 Å². The van der Waals surface area contributed by atoms with Crippen LogP contribution in [0.15, 0.2) is 12.1 Å². The molecule has 1 aliphatic rings. The average molecular weight is 359 g/mol. The quantitative estimate of drug-likeness (QED) is 0.643. The van der Waals surface area contributed by atoms with Crippen molar-refractivity contribution in [3.63, 3.8) is 0 Å². The lowest BCUT2D eigenvalue weighted by Gasteiger charge is -2.57. The predicted molar refractivity (Wildman–Crippen MR) is 106 cm³/mol. The van der Waals surface area contributed by atoms with Crippen LogP contribution in [0.5, 0.6) is 5.75 Å². The summed E-state index contributed by atoms with van der Waals surface area (Å²) >= 11 is 0. The summed E-state index contributed by atoms with van der Waals surface area (Å²) in [5.41, 5.74) is -0.251. The van der Waals surface area contributed by atoms with Crippen LogP contribution in [0, 0.1) is 17.8 Å². The zero-order chi connectivity index (χ0) is 19.4. The van der Waals surface area contributed by atoms with Crippen LogP contribution >= 0.6 is 0 Å². The molecule has 0 aliphatic carbocycles. The number of aromatic carboxylic acids is 1. The van der Waals surface area contributed by atoms with E-state index in [1.54, 1.807) is 12.1 Å². The van der Waals surface area contributed by atoms with Crippen molar-refractivity contribution in [3.05, 3.63) is 23.3 Å². The van der Waals surface area contributed by atoms with Crippen molar-refractivity contribution in [2.24, 2.45) is 5.41 Å². The number of hydrogen-bond donors (Lipinski definition) is 1. The second kappa shape index (κ2) is 5.64. The fourth-order valence-electron chi connectivity index (χ4n) is 4.53. The third-order valence-electron chi connectivity index (χ3n) is 6.05. The molecule has 1 aliphatic heterocycles. The van der Waals surface area contributed by atoms with Crippen LogP contribution in [-0.4, -0.2) is 24.8 Å². The van der Waals surface area contributed by atoms with Crippen molar-refractivity contribution in [1.82, 2.24) is 0 Å². The molecule has 0 aromatic heterocycles. The normalized spacial score (nSPS) is 24.0. The maximum atomic E-state index is 11.7. The molecule has 1 aromatic rings. The molecular weight excluding hydrogens is 328 g/mol. The maximum absolute atomic E-state index is 11.7. The molecule has 0 saturated carbocycles. The molecule has 1 unspecified atom stereocenters. The molecule has 0 spiro atoms. The number of carboxylic acids is 1. The van der Waals surface area contributed by atoms with E-state index in [-0.39, 0.29) is 0 Å². The van der Waals surface area contributed by atoms with Crippen LogP contribution in [0.3, 0.4) is 0 Å². The summed E-state index contributed by atoms with van der Waals surface area (Å²) in [5, 5.41) is 10.7. The van der Waals surface area contributed by atoms with Gasteiger partial charge < -0.3 is 9.84 Å². The van der Waals surface area contributed by atoms with E-state index in [1.807, 2.05) is 0 Å². The monoisotopic (exact) mass is 358 g/mol. The van der Waals surface area contributed by atoms with Crippen LogP contribution in [0.25, 0.3) is 0 Å². The van der Waals surface area contributed by atoms with Crippen LogP contribution in [-0.2, 0) is 5.41 Å². The first-order chi connectivity index (χ1) is 11.2. The Morgan fingerprint density at radius 3 is 2.20 bits per heavy atom. The molecule has 1 N–H and O–H groups in total. The van der Waals surface area contributed by atoms with E-state index in [0.29, 0.717) is 5.56 Å². The molecule has 4 heteroatoms. The van der Waals surface area contributed by atoms with Crippen LogP contribution in [0.2, 0.25) is 19.6 Å². The Bertz CT molecular complexity index is 763. The molecule has 136 valence electrons. The van der Waals surface area contributed by atoms with Gasteiger partial charge in [-0.15, -0.1) is 6.42 Å². The van der Waals surface area contributed by atoms with E-state index >= 15 is 0 Å². The zero-order valence-electron chi connectivity index (χ0n) is 16.7. The van der Waals surface area contributed by atoms with E-state index in [4.69, 9.17) is 11.2 Å². The lowest BCUT2D eigenvalue weighted by molar-refractivity contribution is -0.0610. The lowest BCUT2D eigenvalue weighted by Crippen LogP contribution is -2.61. The van der Waals surface area contributed by atoms with Gasteiger partial charge in [0.15, 0.2) is 0 Å². The summed E-state index contributed by atoms with van der Waals surface area (Å²) in [7, 11) is -1.82. The van der Waals surface area contributed by atoms with Gasteiger partial charge in [-0.1, -0.05) is 46.3 Å². The summed E-state index contributed by atoms with van der Waals surface area (Å²) in [6.07, 6.45) is 6.79. The first-order valence-electron chi connectivity index (χ1n) is 8.84. The summed E-state index contributed by atoms with van der Waals surface area (Å²) in [5.74, 6) is 2.97. The van der Waals surface area contributed by atoms with E-state index < -0.39 is 30.5 Å². The minimum absolute atomic E-state index is 0.314. The van der Waals surface area contributed by atoms with Gasteiger partial charge >= 0.3 is 5.97 Å². The molecule has 2 rings (SSSR count). The van der Waals surface area contributed by atoms with Gasteiger partial charge in [-0.25, -0.2) is 4.79 Å². The number of carbonyl (C=O) groups is 1. The van der Waals surface area contributed by atoms with Crippen LogP contribution < -0.4 is 9.92 Å². The molecular formula is C21H30O3Si. The van der Waals surface area contributed by atoms with Crippen LogP contribution in [0.1, 0.15) is 57.0 Å². The molecule has 0 amide bonds. The maximum Gasteiger partial charge on any atom is 0.335 e. The largest absolute Gasteiger partial charge is 0.486 e. The number of fused-ring (bicyclic) bond motifs is 1. The molecule has 0 fully saturated rings. The lowest BCUT2D eigenvalue weighted by atomic mass is 9.53. The fraction of sp³-hybridized carbons (Fsp3) is 0.571. The molecule has 0 bridgehead atoms. The second-order valence-electron chi connectivity index (χ2n) is 9.10. The number of carboxylic acid groups (broad SMARTS) is 1. The number of terminal acetylenes is 1. The molecule has 1 aromatic carbocycles. The van der Waals surface area contributed by atoms with Gasteiger partial charge in [0.25, 0.3) is 0 Å². The number of rotatable bonds is 3. The van der Waals surface area contributed by atoms with Crippen molar-refractivity contribution in [3.8, 4) is 18.1 Å². The topological polar surface area (TPSA) is 46.5 Å². The zero-order valence-corrected chi connectivity index (χ0v) is 17.7. The highest BCUT2D eigenvalue weighted by atomic mass is 28.3. The number of hydrogen-bond acceptors (Lipinski definition) is 2. The minimum atomic E-state index is -1.82. The highest BCUT2D eigenvalue weighted by molar-refractivity contribution is 6.89. The first-order valence-corrected chi connectivity index (χ1v) is 12.3. The fourth-order valence-corrected chi connectivity index (χ4v) is 5.99. The first kappa shape index (κ1) is 19.6. The highest BCUT2D eigenvalue weighted by Gasteiger charge is 2.59. The van der Waals surface area contributed by atoms with Gasteiger partial charge in [0.1, 0.15) is 11.4 Å². The van der Waals surface area contributed by atoms with Crippen molar-refractivity contribution < 1.29 is 14.6 Å². The van der Waals surface area contributed by atoms with E-state index in [9.17, 15) is 9.90 Å². The van der Waals surface area contributed by atoms with Gasteiger partial charge in [0.05, 0.1) is 19.1 Å². The molecule has 0 saturated heterocycles. The minimum Gasteiger partial charge on any atom is -0.486 e. The molecule has 1 atom stereocenters. The summed E-state index contributed by atoms with van der Waals surface area (Å²) in [6.45, 7) is 17.1. The Kier molecular flexibility index (Phi) is 4.42. The highest BCUT2D eigenvalue weighted by Crippen LogP contribution is 2.58. The third kappa shape index (κ3) is 2.60. The van der Waals surface area contributed by atoms with Crippen LogP contribution in [0.4, 0.5) is 0 Å². The number of benzene rings is 1. The SMILES string of the molecule is C#CC1(CC)C(C)(C)Oc2c(cc(C(=O)O)cc2[Si](C)(C)C)C1(C)C. The third-order valence-corrected chi connectivity index (χ3v) is 8.03. The van der Waals surface area contributed by atoms with Crippen molar-refractivity contribution >= 4 is 19.2 Å². The van der Waals surface area contributed by atoms with Gasteiger partial charge in [-0.05, 0) is 37.6 Å². The summed E-state index contributed by atoms with van der Waals surface area (Å²) in [4.78, 5) is 11.7. The van der Waals surface area contributed by atoms with Gasteiger partial charge in [-0.2, -0.15) is 0 Å². The van der Waals surface area contributed by atoms with Gasteiger partial charge in [0.2, 0.25) is 0 Å². The Labute approximate surface area is 152 Å². The smallest absolute Gasteiger partial charge is 0.335 e. The van der Waals surface area contributed by atoms with E-state index in [0.717, 1.165) is 22.9 Å². The van der Waals surface area contributed by atoms with Gasteiger partial charge in [0, 0.05) is 11.0 Å². The Morgan fingerprint density at radius 2 is 1.80 bits per heavy atom. The average Bonchev–Trinajstić information content (AvgIpc) is 2.45.